The second-order valence-corrected chi connectivity index (χ2v) is 5.64. The third-order valence-electron chi connectivity index (χ3n) is 3.05. The van der Waals surface area contributed by atoms with Crippen LogP contribution in [0.25, 0.3) is 0 Å². The molecule has 2 aromatic rings. The number of anilines is 2. The minimum atomic E-state index is 0.377. The first kappa shape index (κ1) is 14.8. The van der Waals surface area contributed by atoms with E-state index < -0.39 is 0 Å². The molecule has 2 aromatic carbocycles. The summed E-state index contributed by atoms with van der Waals surface area (Å²) in [6.07, 6.45) is 0. The van der Waals surface area contributed by atoms with Gasteiger partial charge in [0.25, 0.3) is 0 Å². The monoisotopic (exact) mass is 350 g/mol. The van der Waals surface area contributed by atoms with Crippen LogP contribution in [0, 0.1) is 0 Å². The molecule has 0 aliphatic carbocycles. The molecular weight excluding hydrogens is 336 g/mol. The van der Waals surface area contributed by atoms with Crippen LogP contribution < -0.4 is 15.4 Å². The van der Waals surface area contributed by atoms with Crippen LogP contribution in [0.3, 0.4) is 0 Å². The number of hydrogen-bond donors (Lipinski definition) is 1. The molecule has 2 rings (SSSR count). The van der Waals surface area contributed by atoms with Crippen molar-refractivity contribution >= 4 is 44.5 Å². The van der Waals surface area contributed by atoms with Crippen molar-refractivity contribution in [3.05, 3.63) is 52.5 Å². The Bertz CT molecular complexity index is 628. The molecule has 0 aliphatic heterocycles. The van der Waals surface area contributed by atoms with E-state index in [9.17, 15) is 0 Å². The van der Waals surface area contributed by atoms with Crippen LogP contribution in [-0.2, 0) is 0 Å². The van der Waals surface area contributed by atoms with Gasteiger partial charge in [0.15, 0.2) is 0 Å². The Labute approximate surface area is 132 Å². The fourth-order valence-electron chi connectivity index (χ4n) is 1.94. The Hall–Kier alpha value is -1.59. The van der Waals surface area contributed by atoms with E-state index in [2.05, 4.69) is 15.9 Å². The van der Waals surface area contributed by atoms with E-state index in [1.54, 1.807) is 7.11 Å². The van der Waals surface area contributed by atoms with Gasteiger partial charge in [0.05, 0.1) is 12.8 Å². The van der Waals surface area contributed by atoms with Crippen LogP contribution in [0.1, 0.15) is 5.56 Å². The standard InChI is InChI=1S/C15H15BrN2OS/c1-18(11-4-6-12(19-2)7-5-11)14-8-3-10(16)9-13(14)15(17)20/h3-9H,1-2H3,(H2,17,20). The summed E-state index contributed by atoms with van der Waals surface area (Å²) in [5.74, 6) is 0.826. The number of nitrogens with two attached hydrogens (primary N) is 1. The molecule has 0 unspecified atom stereocenters. The number of methoxy groups -OCH3 is 1. The first-order valence-electron chi connectivity index (χ1n) is 6.00. The van der Waals surface area contributed by atoms with Crippen LogP contribution in [0.15, 0.2) is 46.9 Å². The Morgan fingerprint density at radius 1 is 1.20 bits per heavy atom. The molecule has 0 aromatic heterocycles. The highest BCUT2D eigenvalue weighted by atomic mass is 79.9. The summed E-state index contributed by atoms with van der Waals surface area (Å²) < 4.78 is 6.12. The fraction of sp³-hybridized carbons (Fsp3) is 0.133. The van der Waals surface area contributed by atoms with E-state index in [1.165, 1.54) is 0 Å². The van der Waals surface area contributed by atoms with Gasteiger partial charge < -0.3 is 15.4 Å². The molecule has 104 valence electrons. The normalized spacial score (nSPS) is 10.2. The summed E-state index contributed by atoms with van der Waals surface area (Å²) in [7, 11) is 3.63. The van der Waals surface area contributed by atoms with Crippen molar-refractivity contribution in [2.24, 2.45) is 5.73 Å². The van der Waals surface area contributed by atoms with Gasteiger partial charge in [-0.15, -0.1) is 0 Å². The van der Waals surface area contributed by atoms with Gasteiger partial charge in [-0.25, -0.2) is 0 Å². The van der Waals surface area contributed by atoms with E-state index in [0.717, 1.165) is 27.2 Å². The summed E-state index contributed by atoms with van der Waals surface area (Å²) in [6, 6.07) is 13.7. The number of thiocarbonyl (C=S) groups is 1. The summed E-state index contributed by atoms with van der Waals surface area (Å²) in [4.78, 5) is 2.42. The molecule has 0 radical (unpaired) electrons. The molecule has 0 heterocycles. The summed E-state index contributed by atoms with van der Waals surface area (Å²) in [5, 5.41) is 0. The minimum absolute atomic E-state index is 0.377. The maximum atomic E-state index is 5.81. The van der Waals surface area contributed by atoms with Crippen molar-refractivity contribution in [2.45, 2.75) is 0 Å². The molecule has 0 fully saturated rings. The van der Waals surface area contributed by atoms with Crippen molar-refractivity contribution in [1.82, 2.24) is 0 Å². The highest BCUT2D eigenvalue weighted by molar-refractivity contribution is 9.10. The van der Waals surface area contributed by atoms with Crippen molar-refractivity contribution in [3.8, 4) is 5.75 Å². The highest BCUT2D eigenvalue weighted by Crippen LogP contribution is 2.30. The van der Waals surface area contributed by atoms with Crippen molar-refractivity contribution in [3.63, 3.8) is 0 Å². The van der Waals surface area contributed by atoms with Crippen molar-refractivity contribution in [1.29, 1.82) is 0 Å². The van der Waals surface area contributed by atoms with Gasteiger partial charge in [0.1, 0.15) is 10.7 Å². The van der Waals surface area contributed by atoms with Gasteiger partial charge in [-0.1, -0.05) is 28.1 Å². The smallest absolute Gasteiger partial charge is 0.119 e. The molecule has 0 saturated heterocycles. The summed E-state index contributed by atoms with van der Waals surface area (Å²) >= 11 is 8.57. The van der Waals surface area contributed by atoms with E-state index in [1.807, 2.05) is 54.4 Å². The molecule has 0 bridgehead atoms. The lowest BCUT2D eigenvalue weighted by Gasteiger charge is -2.22. The first-order chi connectivity index (χ1) is 9.52. The zero-order chi connectivity index (χ0) is 14.7. The number of hydrogen-bond acceptors (Lipinski definition) is 3. The lowest BCUT2D eigenvalue weighted by Crippen LogP contribution is -2.17. The van der Waals surface area contributed by atoms with Gasteiger partial charge in [0, 0.05) is 22.8 Å². The van der Waals surface area contributed by atoms with E-state index in [-0.39, 0.29) is 0 Å². The number of ether oxygens (including phenoxy) is 1. The predicted molar refractivity (Wildman–Crippen MR) is 91.1 cm³/mol. The van der Waals surface area contributed by atoms with E-state index in [0.29, 0.717) is 4.99 Å². The molecular formula is C15H15BrN2OS. The second-order valence-electron chi connectivity index (χ2n) is 4.28. The summed E-state index contributed by atoms with van der Waals surface area (Å²) in [6.45, 7) is 0. The maximum absolute atomic E-state index is 5.81. The molecule has 0 spiro atoms. The Morgan fingerprint density at radius 3 is 2.40 bits per heavy atom. The van der Waals surface area contributed by atoms with E-state index in [4.69, 9.17) is 22.7 Å². The van der Waals surface area contributed by atoms with Gasteiger partial charge in [0.2, 0.25) is 0 Å². The molecule has 20 heavy (non-hydrogen) atoms. The van der Waals surface area contributed by atoms with Crippen LogP contribution in [-0.4, -0.2) is 19.1 Å². The molecule has 3 nitrogen and oxygen atoms in total. The third kappa shape index (κ3) is 3.11. The topological polar surface area (TPSA) is 38.5 Å². The molecule has 5 heteroatoms. The van der Waals surface area contributed by atoms with Crippen LogP contribution >= 0.6 is 28.1 Å². The van der Waals surface area contributed by atoms with Crippen LogP contribution in [0.4, 0.5) is 11.4 Å². The van der Waals surface area contributed by atoms with Crippen molar-refractivity contribution in [2.75, 3.05) is 19.1 Å². The maximum Gasteiger partial charge on any atom is 0.119 e. The summed E-state index contributed by atoms with van der Waals surface area (Å²) in [5.41, 5.74) is 8.65. The molecule has 0 saturated carbocycles. The van der Waals surface area contributed by atoms with Crippen LogP contribution in [0.5, 0.6) is 5.75 Å². The number of benzene rings is 2. The second kappa shape index (κ2) is 6.24. The van der Waals surface area contributed by atoms with Crippen molar-refractivity contribution < 1.29 is 4.74 Å². The zero-order valence-corrected chi connectivity index (χ0v) is 13.7. The van der Waals surface area contributed by atoms with Gasteiger partial charge in [-0.3, -0.25) is 0 Å². The van der Waals surface area contributed by atoms with Gasteiger partial charge in [-0.2, -0.15) is 0 Å². The molecule has 0 atom stereocenters. The average molecular weight is 351 g/mol. The lowest BCUT2D eigenvalue weighted by molar-refractivity contribution is 0.415. The number of halogens is 1. The average Bonchev–Trinajstić information content (AvgIpc) is 2.46. The molecule has 2 N–H and O–H groups in total. The number of nitrogens with zero attached hydrogens (tertiary/aromatic N) is 1. The largest absolute Gasteiger partial charge is 0.497 e. The first-order valence-corrected chi connectivity index (χ1v) is 7.20. The lowest BCUT2D eigenvalue weighted by atomic mass is 10.1. The third-order valence-corrected chi connectivity index (χ3v) is 3.76. The SMILES string of the molecule is COc1ccc(N(C)c2ccc(Br)cc2C(N)=S)cc1. The quantitative estimate of drug-likeness (QED) is 0.849. The fourth-order valence-corrected chi connectivity index (χ4v) is 2.47. The zero-order valence-electron chi connectivity index (χ0n) is 11.3. The van der Waals surface area contributed by atoms with Gasteiger partial charge in [-0.05, 0) is 42.5 Å². The van der Waals surface area contributed by atoms with Crippen LogP contribution in [0.2, 0.25) is 0 Å². The molecule has 0 aliphatic rings. The predicted octanol–water partition coefficient (Wildman–Crippen LogP) is 3.86. The number of rotatable bonds is 4. The minimum Gasteiger partial charge on any atom is -0.497 e. The van der Waals surface area contributed by atoms with E-state index >= 15 is 0 Å². The highest BCUT2D eigenvalue weighted by Gasteiger charge is 2.12. The Morgan fingerprint density at radius 2 is 1.85 bits per heavy atom. The Balaban J connectivity index is 2.41. The van der Waals surface area contributed by atoms with Gasteiger partial charge >= 0.3 is 0 Å². The Kier molecular flexibility index (Phi) is 4.62. The molecule has 0 amide bonds.